The molecule has 0 saturated heterocycles. The fraction of sp³-hybridized carbons (Fsp3) is 0.265. The van der Waals surface area contributed by atoms with Crippen LogP contribution in [-0.2, 0) is 41.2 Å². The lowest BCUT2D eigenvalue weighted by molar-refractivity contribution is -0.146. The number of esters is 1. The number of phenols is 1. The van der Waals surface area contributed by atoms with Gasteiger partial charge in [-0.05, 0) is 95.7 Å². The van der Waals surface area contributed by atoms with E-state index in [4.69, 9.17) is 17.6 Å². The Labute approximate surface area is 483 Å². The summed E-state index contributed by atoms with van der Waals surface area (Å²) in [6.45, 7) is 9.28. The van der Waals surface area contributed by atoms with Crippen LogP contribution in [0.5, 0.6) is 5.75 Å². The highest BCUT2D eigenvalue weighted by atomic mass is 32.1. The number of hydrogen-bond donors (Lipinski definition) is 5. The van der Waals surface area contributed by atoms with Gasteiger partial charge < -0.3 is 20.3 Å². The molecule has 3 N–H and O–H groups in total. The Morgan fingerprint density at radius 1 is 0.625 bits per heavy atom. The second kappa shape index (κ2) is 29.0. The summed E-state index contributed by atoms with van der Waals surface area (Å²) in [6.07, 6.45) is 6.15. The topological polar surface area (TPSA) is 136 Å². The van der Waals surface area contributed by atoms with E-state index in [1.165, 1.54) is 14.7 Å². The first-order valence-corrected chi connectivity index (χ1v) is 28.1. The molecule has 7 aromatic rings. The molecule has 7 rings (SSSR count). The molecule has 0 radical (unpaired) electrons. The van der Waals surface area contributed by atoms with E-state index in [1.54, 1.807) is 6.07 Å². The lowest BCUT2D eigenvalue weighted by Gasteiger charge is -2.39. The molecular formula is C68H73N3O7S2. The smallest absolute Gasteiger partial charge is 0.308 e. The Hall–Kier alpha value is -7.64. The lowest BCUT2D eigenvalue weighted by Crippen LogP contribution is -2.46. The van der Waals surface area contributed by atoms with E-state index in [1.807, 2.05) is 185 Å². The van der Waals surface area contributed by atoms with Gasteiger partial charge in [0.15, 0.2) is 0 Å². The van der Waals surface area contributed by atoms with Crippen molar-refractivity contribution in [1.29, 1.82) is 0 Å². The van der Waals surface area contributed by atoms with Crippen molar-refractivity contribution in [1.82, 2.24) is 8.61 Å². The van der Waals surface area contributed by atoms with Crippen LogP contribution >= 0.6 is 25.6 Å². The van der Waals surface area contributed by atoms with Crippen molar-refractivity contribution in [2.75, 3.05) is 11.9 Å². The molecule has 0 aliphatic carbocycles. The monoisotopic (exact) mass is 1110 g/mol. The molecule has 0 aliphatic heterocycles. The zero-order valence-corrected chi connectivity index (χ0v) is 47.6. The number of amides is 3. The van der Waals surface area contributed by atoms with E-state index >= 15 is 4.79 Å². The van der Waals surface area contributed by atoms with E-state index in [9.17, 15) is 24.6 Å². The zero-order valence-electron chi connectivity index (χ0n) is 45.8. The van der Waals surface area contributed by atoms with E-state index in [0.717, 1.165) is 38.9 Å². The van der Waals surface area contributed by atoms with Crippen LogP contribution in [0.2, 0.25) is 0 Å². The summed E-state index contributed by atoms with van der Waals surface area (Å²) in [4.78, 5) is 56.5. The van der Waals surface area contributed by atoms with Crippen LogP contribution in [0.3, 0.4) is 0 Å². The third-order valence-electron chi connectivity index (χ3n) is 14.9. The molecule has 0 heterocycles. The number of anilines is 1. The van der Waals surface area contributed by atoms with Gasteiger partial charge in [-0.15, -0.1) is 0 Å². The molecule has 10 nitrogen and oxygen atoms in total. The van der Waals surface area contributed by atoms with Gasteiger partial charge in [0, 0.05) is 35.8 Å². The maximum Gasteiger partial charge on any atom is 0.308 e. The molecular weight excluding hydrogens is 1030 g/mol. The summed E-state index contributed by atoms with van der Waals surface area (Å²) in [6, 6.07) is 61.2. The molecule has 0 aromatic heterocycles. The molecule has 0 aliphatic rings. The number of aliphatic hydroxyl groups is 1. The molecule has 3 amide bonds. The predicted molar refractivity (Wildman–Crippen MR) is 326 cm³/mol. The van der Waals surface area contributed by atoms with Crippen LogP contribution < -0.4 is 5.32 Å². The summed E-state index contributed by atoms with van der Waals surface area (Å²) in [5.41, 5.74) is 6.36. The molecule has 0 bridgehead atoms. The summed E-state index contributed by atoms with van der Waals surface area (Å²) in [7, 11) is 0. The third-order valence-corrected chi connectivity index (χ3v) is 15.9. The number of benzene rings is 7. The van der Waals surface area contributed by atoms with Gasteiger partial charge in [-0.1, -0.05) is 246 Å². The molecule has 80 heavy (non-hydrogen) atoms. The third kappa shape index (κ3) is 14.8. The summed E-state index contributed by atoms with van der Waals surface area (Å²) in [5, 5.41) is 25.3. The van der Waals surface area contributed by atoms with E-state index in [2.05, 4.69) is 61.1 Å². The van der Waals surface area contributed by atoms with Gasteiger partial charge in [0.05, 0.1) is 18.6 Å². The fourth-order valence-electron chi connectivity index (χ4n) is 10.9. The van der Waals surface area contributed by atoms with Gasteiger partial charge in [-0.3, -0.25) is 27.8 Å². The van der Waals surface area contributed by atoms with Gasteiger partial charge in [-0.2, -0.15) is 0 Å². The number of allylic oxidation sites excluding steroid dienone is 2. The van der Waals surface area contributed by atoms with Gasteiger partial charge in [-0.25, -0.2) is 0 Å². The number of aryl methyl sites for hydroxylation is 1. The molecule has 3 atom stereocenters. The number of carbonyl (C=O) groups is 4. The summed E-state index contributed by atoms with van der Waals surface area (Å²) < 4.78 is 7.63. The number of nitrogens with zero attached hydrogens (tertiary/aromatic N) is 2. The number of ether oxygens (including phenoxy) is 1. The summed E-state index contributed by atoms with van der Waals surface area (Å²) >= 11 is 9.51. The average Bonchev–Trinajstić information content (AvgIpc) is 3.63. The minimum atomic E-state index is -1.26. The molecule has 7 aromatic carbocycles. The van der Waals surface area contributed by atoms with Crippen LogP contribution in [-0.4, -0.2) is 67.3 Å². The molecule has 414 valence electrons. The van der Waals surface area contributed by atoms with Gasteiger partial charge in [0.1, 0.15) is 18.4 Å². The van der Waals surface area contributed by atoms with Gasteiger partial charge in [0.2, 0.25) is 17.7 Å². The lowest BCUT2D eigenvalue weighted by atomic mass is 9.66. The van der Waals surface area contributed by atoms with Crippen molar-refractivity contribution in [3.05, 3.63) is 263 Å². The number of hydrogen-bond acceptors (Lipinski definition) is 9. The van der Waals surface area contributed by atoms with E-state index in [0.29, 0.717) is 30.5 Å². The number of phenolic OH excluding ortho intramolecular Hbond substituents is 1. The number of thiol groups is 2. The maximum absolute atomic E-state index is 15.1. The standard InChI is InChI=1S/C68H73N3O7S2/c1-5-45-78-64(76)48-61(73)65(49(2)3)71(80)63(75)42-44-68(54-29-16-10-17-30-54,55-31-18-11-19-32-55)58-35-21-22-36-59(58)69-66(77)60(46-51-40-38-50(4)39-41-51)70(79)62(74)37-20-6-7-23-43-67(52-25-12-8-13-26-52,53-27-14-9-15-28-53)56-33-24-34-57(72)47-56/h5-19,21-22,24-36,38-41,47,49,60-61,65,72-73,79-80H,1,20,23,37,42-46,48H2,2-4H3,(H,69,77)/t60?,61-,65+/m0/s1. The molecule has 12 heteroatoms. The molecule has 0 spiro atoms. The Morgan fingerprint density at radius 2 is 1.14 bits per heavy atom. The van der Waals surface area contributed by atoms with Crippen molar-refractivity contribution in [2.45, 2.75) is 101 Å². The Balaban J connectivity index is 1.15. The van der Waals surface area contributed by atoms with E-state index < -0.39 is 40.9 Å². The first kappa shape index (κ1) is 60.0. The van der Waals surface area contributed by atoms with Crippen molar-refractivity contribution in [3.63, 3.8) is 0 Å². The first-order valence-electron chi connectivity index (χ1n) is 27.3. The van der Waals surface area contributed by atoms with Gasteiger partial charge >= 0.3 is 5.97 Å². The summed E-state index contributed by atoms with van der Waals surface area (Å²) in [5.74, 6) is -1.85. The fourth-order valence-corrected chi connectivity index (χ4v) is 11.7. The Morgan fingerprint density at radius 3 is 1.69 bits per heavy atom. The minimum Gasteiger partial charge on any atom is -0.508 e. The highest BCUT2D eigenvalue weighted by molar-refractivity contribution is 7.78. The number of rotatable bonds is 27. The number of carbonyl (C=O) groups excluding carboxylic acids is 4. The minimum absolute atomic E-state index is 0.000464. The number of aromatic hydroxyl groups is 1. The first-order chi connectivity index (χ1) is 38.7. The van der Waals surface area contributed by atoms with E-state index in [-0.39, 0.29) is 62.2 Å². The molecule has 0 saturated carbocycles. The molecule has 0 fully saturated rings. The number of nitrogens with one attached hydrogen (secondary N) is 1. The normalized spacial score (nSPS) is 12.8. The van der Waals surface area contributed by atoms with Crippen molar-refractivity contribution >= 4 is 55.0 Å². The Bertz CT molecular complexity index is 3080. The SMILES string of the molecule is C=CCOC(=O)C[C@H](O)[C@@H](C(C)C)N(S)C(=O)CCC(c1ccccc1)(c1ccccc1)c1ccccc1NC(=O)C(Cc1ccc(C)cc1)N(S)C(=O)CCC=CCCC(c1ccccc1)(c1ccccc1)c1cccc(O)c1. The van der Waals surface area contributed by atoms with Gasteiger partial charge in [0.25, 0.3) is 0 Å². The van der Waals surface area contributed by atoms with Crippen molar-refractivity contribution in [3.8, 4) is 5.75 Å². The van der Waals surface area contributed by atoms with Crippen LogP contribution in [0.15, 0.2) is 219 Å². The Kier molecular flexibility index (Phi) is 21.8. The number of aliphatic hydroxyl groups excluding tert-OH is 1. The highest BCUT2D eigenvalue weighted by Crippen LogP contribution is 2.47. The van der Waals surface area contributed by atoms with Crippen LogP contribution in [0.1, 0.15) is 103 Å². The second-order valence-corrected chi connectivity index (χ2v) is 21.4. The van der Waals surface area contributed by atoms with Crippen LogP contribution in [0.4, 0.5) is 5.69 Å². The molecule has 1 unspecified atom stereocenters. The second-order valence-electron chi connectivity index (χ2n) is 20.6. The number of para-hydroxylation sites is 1. The average molecular weight is 1110 g/mol. The largest absolute Gasteiger partial charge is 0.508 e. The van der Waals surface area contributed by atoms with Crippen LogP contribution in [0.25, 0.3) is 0 Å². The predicted octanol–water partition coefficient (Wildman–Crippen LogP) is 13.4. The highest BCUT2D eigenvalue weighted by Gasteiger charge is 2.41. The van der Waals surface area contributed by atoms with Crippen molar-refractivity contribution in [2.24, 2.45) is 5.92 Å². The quantitative estimate of drug-likeness (QED) is 0.0150. The zero-order chi connectivity index (χ0) is 57.1. The van der Waals surface area contributed by atoms with Crippen molar-refractivity contribution < 1.29 is 34.1 Å². The van der Waals surface area contributed by atoms with Crippen LogP contribution in [0, 0.1) is 12.8 Å². The maximum atomic E-state index is 15.1.